The molecule has 3 nitrogen and oxygen atoms in total. The van der Waals surface area contributed by atoms with E-state index < -0.39 is 0 Å². The Hall–Kier alpha value is -1.09. The first-order valence-corrected chi connectivity index (χ1v) is 3.36. The van der Waals surface area contributed by atoms with E-state index in [0.717, 1.165) is 5.56 Å². The van der Waals surface area contributed by atoms with Crippen molar-refractivity contribution in [1.82, 2.24) is 0 Å². The van der Waals surface area contributed by atoms with Gasteiger partial charge < -0.3 is 18.1 Å². The molecule has 1 heterocycles. The van der Waals surface area contributed by atoms with E-state index in [-0.39, 0.29) is 18.3 Å². The van der Waals surface area contributed by atoms with Gasteiger partial charge in [0.15, 0.2) is 12.4 Å². The van der Waals surface area contributed by atoms with Gasteiger partial charge in [0.2, 0.25) is 0 Å². The summed E-state index contributed by atoms with van der Waals surface area (Å²) in [5.41, 5.74) is 6.68. The molecule has 0 atom stereocenters. The molecular formula is C8H11ClN2O. The van der Waals surface area contributed by atoms with Gasteiger partial charge in [-0.1, -0.05) is 0 Å². The van der Waals surface area contributed by atoms with Crippen LogP contribution in [0.3, 0.4) is 0 Å². The quantitative estimate of drug-likeness (QED) is 0.465. The van der Waals surface area contributed by atoms with E-state index in [0.29, 0.717) is 5.56 Å². The van der Waals surface area contributed by atoms with Crippen LogP contribution >= 0.6 is 0 Å². The summed E-state index contributed by atoms with van der Waals surface area (Å²) >= 11 is 0. The molecule has 2 N–H and O–H groups in total. The summed E-state index contributed by atoms with van der Waals surface area (Å²) in [4.78, 5) is 10.7. The molecule has 0 aliphatic carbocycles. The van der Waals surface area contributed by atoms with Crippen LogP contribution in [0.2, 0.25) is 0 Å². The largest absolute Gasteiger partial charge is 1.00 e. The fourth-order valence-corrected chi connectivity index (χ4v) is 1.03. The summed E-state index contributed by atoms with van der Waals surface area (Å²) in [5.74, 6) is -0.385. The van der Waals surface area contributed by atoms with Gasteiger partial charge in [0.05, 0.1) is 0 Å². The molecule has 1 aromatic rings. The number of nitrogens with zero attached hydrogens (tertiary/aromatic N) is 1. The van der Waals surface area contributed by atoms with E-state index in [9.17, 15) is 4.79 Å². The first kappa shape index (κ1) is 10.9. The van der Waals surface area contributed by atoms with Gasteiger partial charge in [0.1, 0.15) is 12.6 Å². The van der Waals surface area contributed by atoms with Crippen LogP contribution in [0.5, 0.6) is 0 Å². The highest BCUT2D eigenvalue weighted by atomic mass is 35.5. The Morgan fingerprint density at radius 3 is 2.50 bits per heavy atom. The Kier molecular flexibility index (Phi) is 3.70. The highest BCUT2D eigenvalue weighted by Gasteiger charge is 2.05. The third-order valence-electron chi connectivity index (χ3n) is 1.42. The first-order chi connectivity index (χ1) is 5.09. The van der Waals surface area contributed by atoms with Crippen LogP contribution < -0.4 is 22.7 Å². The summed E-state index contributed by atoms with van der Waals surface area (Å²) in [6.45, 7) is 1.92. The fourth-order valence-electron chi connectivity index (χ4n) is 1.03. The van der Waals surface area contributed by atoms with Crippen LogP contribution in [0, 0.1) is 6.92 Å². The van der Waals surface area contributed by atoms with Crippen LogP contribution in [0.25, 0.3) is 0 Å². The minimum atomic E-state index is -0.385. The van der Waals surface area contributed by atoms with Crippen molar-refractivity contribution in [1.29, 1.82) is 0 Å². The molecule has 0 radical (unpaired) electrons. The Labute approximate surface area is 77.6 Å². The van der Waals surface area contributed by atoms with Crippen LogP contribution in [-0.4, -0.2) is 5.91 Å². The van der Waals surface area contributed by atoms with Crippen molar-refractivity contribution >= 4 is 5.91 Å². The average Bonchev–Trinajstić information content (AvgIpc) is 1.85. The fraction of sp³-hybridized carbons (Fsp3) is 0.250. The average molecular weight is 187 g/mol. The minimum absolute atomic E-state index is 0. The topological polar surface area (TPSA) is 47.0 Å². The number of rotatable bonds is 1. The van der Waals surface area contributed by atoms with Crippen molar-refractivity contribution in [3.63, 3.8) is 0 Å². The smallest absolute Gasteiger partial charge is 0.254 e. The molecule has 0 unspecified atom stereocenters. The second-order valence-electron chi connectivity index (χ2n) is 2.63. The molecule has 4 heteroatoms. The summed E-state index contributed by atoms with van der Waals surface area (Å²) in [5, 5.41) is 0. The van der Waals surface area contributed by atoms with Gasteiger partial charge in [0, 0.05) is 5.56 Å². The van der Waals surface area contributed by atoms with Crippen LogP contribution in [0.1, 0.15) is 15.9 Å². The zero-order chi connectivity index (χ0) is 8.43. The van der Waals surface area contributed by atoms with E-state index >= 15 is 0 Å². The second-order valence-corrected chi connectivity index (χ2v) is 2.63. The van der Waals surface area contributed by atoms with Gasteiger partial charge in [-0.3, -0.25) is 4.79 Å². The molecule has 0 fully saturated rings. The molecular weight excluding hydrogens is 176 g/mol. The molecule has 0 spiro atoms. The van der Waals surface area contributed by atoms with Gasteiger partial charge in [-0.15, -0.1) is 0 Å². The lowest BCUT2D eigenvalue weighted by Gasteiger charge is -1.94. The van der Waals surface area contributed by atoms with Gasteiger partial charge in [-0.2, -0.15) is 0 Å². The number of amides is 1. The lowest BCUT2D eigenvalue weighted by Crippen LogP contribution is -3.00. The molecule has 1 amide bonds. The van der Waals surface area contributed by atoms with Gasteiger partial charge in [0.25, 0.3) is 5.91 Å². The normalized spacial score (nSPS) is 8.83. The molecule has 0 aliphatic rings. The lowest BCUT2D eigenvalue weighted by molar-refractivity contribution is -0.671. The third kappa shape index (κ3) is 2.51. The van der Waals surface area contributed by atoms with Crippen molar-refractivity contribution in [2.45, 2.75) is 6.92 Å². The monoisotopic (exact) mass is 186 g/mol. The molecule has 12 heavy (non-hydrogen) atoms. The highest BCUT2D eigenvalue weighted by Crippen LogP contribution is 1.97. The van der Waals surface area contributed by atoms with Gasteiger partial charge in [-0.25, -0.2) is 4.57 Å². The number of pyridine rings is 1. The maximum atomic E-state index is 10.7. The number of aromatic nitrogens is 1. The number of carbonyl (C=O) groups excluding carboxylic acids is 1. The summed E-state index contributed by atoms with van der Waals surface area (Å²) in [7, 11) is 1.86. The molecule has 0 aliphatic heterocycles. The third-order valence-corrected chi connectivity index (χ3v) is 1.42. The number of hydrogen-bond acceptors (Lipinski definition) is 1. The zero-order valence-corrected chi connectivity index (χ0v) is 7.80. The predicted octanol–water partition coefficient (Wildman–Crippen LogP) is -3.08. The Balaban J connectivity index is 0.00000121. The van der Waals surface area contributed by atoms with E-state index in [1.54, 1.807) is 12.3 Å². The second kappa shape index (κ2) is 4.07. The Morgan fingerprint density at radius 2 is 2.08 bits per heavy atom. The van der Waals surface area contributed by atoms with Gasteiger partial charge >= 0.3 is 0 Å². The Morgan fingerprint density at radius 1 is 1.50 bits per heavy atom. The maximum Gasteiger partial charge on any atom is 0.254 e. The molecule has 0 bridgehead atoms. The van der Waals surface area contributed by atoms with Crippen molar-refractivity contribution in [2.24, 2.45) is 12.8 Å². The minimum Gasteiger partial charge on any atom is -1.00 e. The lowest BCUT2D eigenvalue weighted by atomic mass is 10.2. The van der Waals surface area contributed by atoms with E-state index in [1.807, 2.05) is 24.7 Å². The number of halogens is 1. The molecule has 66 valence electrons. The SMILES string of the molecule is Cc1cc(C(N)=O)c[n+](C)c1.[Cl-]. The van der Waals surface area contributed by atoms with Gasteiger partial charge in [-0.05, 0) is 13.0 Å². The molecule has 1 aromatic heterocycles. The predicted molar refractivity (Wildman–Crippen MR) is 40.9 cm³/mol. The molecule has 1 rings (SSSR count). The molecule has 0 aromatic carbocycles. The number of nitrogens with two attached hydrogens (primary N) is 1. The van der Waals surface area contributed by atoms with Crippen LogP contribution in [0.15, 0.2) is 18.5 Å². The van der Waals surface area contributed by atoms with Crippen molar-refractivity contribution < 1.29 is 21.8 Å². The van der Waals surface area contributed by atoms with Crippen molar-refractivity contribution in [3.05, 3.63) is 29.6 Å². The summed E-state index contributed by atoms with van der Waals surface area (Å²) in [6.07, 6.45) is 3.63. The van der Waals surface area contributed by atoms with Crippen LogP contribution in [0.4, 0.5) is 0 Å². The van der Waals surface area contributed by atoms with Crippen LogP contribution in [-0.2, 0) is 7.05 Å². The van der Waals surface area contributed by atoms with Crippen molar-refractivity contribution in [3.8, 4) is 0 Å². The number of aryl methyl sites for hydroxylation is 2. The number of carbonyl (C=O) groups is 1. The summed E-state index contributed by atoms with van der Waals surface area (Å²) < 4.78 is 1.81. The molecule has 0 saturated heterocycles. The standard InChI is InChI=1S/C8H10N2O.ClH/c1-6-3-7(8(9)11)5-10(2)4-6;/h3-5H,1-2H3,(H-,9,11);1H. The number of hydrogen-bond donors (Lipinski definition) is 1. The van der Waals surface area contributed by atoms with E-state index in [1.165, 1.54) is 0 Å². The highest BCUT2D eigenvalue weighted by molar-refractivity contribution is 5.92. The van der Waals surface area contributed by atoms with E-state index in [2.05, 4.69) is 0 Å². The Bertz CT molecular complexity index is 279. The maximum absolute atomic E-state index is 10.7. The van der Waals surface area contributed by atoms with E-state index in [4.69, 9.17) is 5.73 Å². The van der Waals surface area contributed by atoms with Crippen molar-refractivity contribution in [2.75, 3.05) is 0 Å². The zero-order valence-electron chi connectivity index (χ0n) is 7.04. The molecule has 0 saturated carbocycles. The summed E-state index contributed by atoms with van der Waals surface area (Å²) in [6, 6.07) is 1.77. The first-order valence-electron chi connectivity index (χ1n) is 3.36. The number of primary amides is 1.